The van der Waals surface area contributed by atoms with E-state index in [2.05, 4.69) is 12.2 Å². The minimum atomic E-state index is -0.714. The molecule has 0 spiro atoms. The van der Waals surface area contributed by atoms with Gasteiger partial charge in [-0.25, -0.2) is 4.79 Å². The molecule has 2 rings (SSSR count). The Morgan fingerprint density at radius 3 is 2.69 bits per heavy atom. The lowest BCUT2D eigenvalue weighted by Crippen LogP contribution is -2.32. The van der Waals surface area contributed by atoms with Crippen molar-refractivity contribution in [1.29, 1.82) is 5.26 Å². The number of para-hydroxylation sites is 1. The van der Waals surface area contributed by atoms with Gasteiger partial charge in [-0.15, -0.1) is 11.3 Å². The monoisotopic (exact) mass is 371 g/mol. The van der Waals surface area contributed by atoms with Gasteiger partial charge in [0.05, 0.1) is 6.61 Å². The first-order chi connectivity index (χ1) is 12.6. The normalized spacial score (nSPS) is 12.5. The van der Waals surface area contributed by atoms with Gasteiger partial charge in [0.1, 0.15) is 15.3 Å². The maximum absolute atomic E-state index is 12.6. The van der Waals surface area contributed by atoms with Crippen LogP contribution in [0.1, 0.15) is 26.3 Å². The highest BCUT2D eigenvalue weighted by atomic mass is 32.1. The van der Waals surface area contributed by atoms with Crippen molar-refractivity contribution in [2.75, 3.05) is 11.9 Å². The number of carbonyl (C=O) groups is 1. The summed E-state index contributed by atoms with van der Waals surface area (Å²) >= 11 is 1.10. The molecule has 1 aromatic carbocycles. The van der Waals surface area contributed by atoms with Crippen molar-refractivity contribution in [3.63, 3.8) is 0 Å². The standard InChI is InChI=1S/C19H21N3O3S/c1-4-13-9-7-8-10-15(13)21-12-16-17(23)22(5-2)18(26-16)14(11-20)19(24)25-6-3/h7-10,12,21H,4-6H2,1-3H3/b16-12+,18-14+. The van der Waals surface area contributed by atoms with E-state index in [1.807, 2.05) is 30.3 Å². The summed E-state index contributed by atoms with van der Waals surface area (Å²) < 4.78 is 7.08. The van der Waals surface area contributed by atoms with E-state index < -0.39 is 5.97 Å². The highest BCUT2D eigenvalue weighted by Crippen LogP contribution is 2.15. The molecule has 0 atom stereocenters. The number of carbonyl (C=O) groups excluding carboxylic acids is 1. The van der Waals surface area contributed by atoms with Crippen LogP contribution in [0.5, 0.6) is 0 Å². The molecule has 1 aromatic heterocycles. The number of nitrogens with zero attached hydrogens (tertiary/aromatic N) is 2. The SMILES string of the molecule is CCOC(=O)/C(C#N)=c1/s/c(=C/Nc2ccccc2CC)c(=O)n1CC. The second-order valence-corrected chi connectivity index (χ2v) is 6.36. The molecule has 136 valence electrons. The molecule has 7 heteroatoms. The Bertz CT molecular complexity index is 1010. The molecule has 1 N–H and O–H groups in total. The average molecular weight is 371 g/mol. The number of ether oxygens (including phenoxy) is 1. The highest BCUT2D eigenvalue weighted by Gasteiger charge is 2.16. The van der Waals surface area contributed by atoms with E-state index in [4.69, 9.17) is 4.74 Å². The Morgan fingerprint density at radius 1 is 1.35 bits per heavy atom. The van der Waals surface area contributed by atoms with Crippen LogP contribution < -0.4 is 20.1 Å². The minimum absolute atomic E-state index is 0.149. The third-order valence-electron chi connectivity index (χ3n) is 3.79. The van der Waals surface area contributed by atoms with Crippen LogP contribution in [0.3, 0.4) is 0 Å². The van der Waals surface area contributed by atoms with E-state index in [0.717, 1.165) is 29.0 Å². The van der Waals surface area contributed by atoms with Crippen molar-refractivity contribution < 1.29 is 9.53 Å². The molecule has 0 aliphatic rings. The summed E-state index contributed by atoms with van der Waals surface area (Å²) in [4.78, 5) is 24.6. The molecule has 0 unspecified atom stereocenters. The number of thiazole rings is 1. The molecule has 0 radical (unpaired) electrons. The molecule has 0 amide bonds. The highest BCUT2D eigenvalue weighted by molar-refractivity contribution is 7.07. The van der Waals surface area contributed by atoms with Gasteiger partial charge in [0.2, 0.25) is 0 Å². The first-order valence-corrected chi connectivity index (χ1v) is 9.24. The zero-order valence-corrected chi connectivity index (χ0v) is 15.9. The van der Waals surface area contributed by atoms with Gasteiger partial charge in [-0.05, 0) is 31.9 Å². The van der Waals surface area contributed by atoms with Crippen LogP contribution in [-0.2, 0) is 22.5 Å². The fourth-order valence-electron chi connectivity index (χ4n) is 2.49. The lowest BCUT2D eigenvalue weighted by atomic mass is 10.1. The van der Waals surface area contributed by atoms with Crippen molar-refractivity contribution in [2.24, 2.45) is 0 Å². The minimum Gasteiger partial charge on any atom is -0.462 e. The predicted octanol–water partition coefficient (Wildman–Crippen LogP) is 1.58. The number of esters is 1. The van der Waals surface area contributed by atoms with Crippen LogP contribution in [0, 0.1) is 11.3 Å². The number of benzene rings is 1. The molecular weight excluding hydrogens is 350 g/mol. The quantitative estimate of drug-likeness (QED) is 0.780. The predicted molar refractivity (Wildman–Crippen MR) is 103 cm³/mol. The molecule has 0 bridgehead atoms. The molecular formula is C19H21N3O3S. The topological polar surface area (TPSA) is 84.1 Å². The van der Waals surface area contributed by atoms with Gasteiger partial charge in [-0.1, -0.05) is 25.1 Å². The van der Waals surface area contributed by atoms with E-state index >= 15 is 0 Å². The zero-order chi connectivity index (χ0) is 19.1. The molecule has 0 saturated heterocycles. The Balaban J connectivity index is 2.59. The number of nitrogens with one attached hydrogen (secondary N) is 1. The molecule has 0 aliphatic carbocycles. The number of hydrogen-bond acceptors (Lipinski definition) is 6. The summed E-state index contributed by atoms with van der Waals surface area (Å²) in [5.41, 5.74) is 1.66. The summed E-state index contributed by atoms with van der Waals surface area (Å²) in [6.07, 6.45) is 2.48. The van der Waals surface area contributed by atoms with Crippen LogP contribution in [-0.4, -0.2) is 17.1 Å². The van der Waals surface area contributed by atoms with E-state index in [1.54, 1.807) is 20.0 Å². The Kier molecular flexibility index (Phi) is 6.75. The summed E-state index contributed by atoms with van der Waals surface area (Å²) in [6.45, 7) is 6.04. The summed E-state index contributed by atoms with van der Waals surface area (Å²) in [5.74, 6) is -0.714. The fourth-order valence-corrected chi connectivity index (χ4v) is 3.57. The molecule has 1 heterocycles. The first-order valence-electron chi connectivity index (χ1n) is 8.43. The molecule has 0 aliphatic heterocycles. The average Bonchev–Trinajstić information content (AvgIpc) is 2.96. The van der Waals surface area contributed by atoms with Gasteiger partial charge in [-0.2, -0.15) is 5.26 Å². The third-order valence-corrected chi connectivity index (χ3v) is 4.92. The van der Waals surface area contributed by atoms with Gasteiger partial charge in [0, 0.05) is 18.4 Å². The number of aryl methyl sites for hydroxylation is 1. The molecule has 0 saturated carbocycles. The Hall–Kier alpha value is -2.85. The molecule has 2 aromatic rings. The molecule has 26 heavy (non-hydrogen) atoms. The largest absolute Gasteiger partial charge is 0.462 e. The number of hydrogen-bond donors (Lipinski definition) is 1. The first kappa shape index (κ1) is 19.5. The van der Waals surface area contributed by atoms with Crippen LogP contribution >= 0.6 is 11.3 Å². The van der Waals surface area contributed by atoms with Crippen LogP contribution in [0.4, 0.5) is 5.69 Å². The van der Waals surface area contributed by atoms with Gasteiger partial charge < -0.3 is 10.1 Å². The lowest BCUT2D eigenvalue weighted by Gasteiger charge is -2.05. The van der Waals surface area contributed by atoms with E-state index in [0.29, 0.717) is 15.7 Å². The van der Waals surface area contributed by atoms with Gasteiger partial charge in [0.15, 0.2) is 5.57 Å². The number of aromatic nitrogens is 1. The maximum Gasteiger partial charge on any atom is 0.351 e. The maximum atomic E-state index is 12.6. The summed E-state index contributed by atoms with van der Waals surface area (Å²) in [6, 6.07) is 9.71. The molecule has 0 fully saturated rings. The van der Waals surface area contributed by atoms with Crippen LogP contribution in [0.25, 0.3) is 11.8 Å². The summed E-state index contributed by atoms with van der Waals surface area (Å²) in [5, 5.41) is 12.5. The van der Waals surface area contributed by atoms with Crippen molar-refractivity contribution in [3.8, 4) is 6.07 Å². The number of rotatable bonds is 6. The van der Waals surface area contributed by atoms with Crippen molar-refractivity contribution in [2.45, 2.75) is 33.7 Å². The van der Waals surface area contributed by atoms with Gasteiger partial charge >= 0.3 is 5.97 Å². The Morgan fingerprint density at radius 2 is 2.08 bits per heavy atom. The number of nitriles is 1. The van der Waals surface area contributed by atoms with Gasteiger partial charge in [0.25, 0.3) is 5.56 Å². The van der Waals surface area contributed by atoms with Gasteiger partial charge in [-0.3, -0.25) is 9.36 Å². The lowest BCUT2D eigenvalue weighted by molar-refractivity contribution is -0.136. The Labute approximate surface area is 155 Å². The van der Waals surface area contributed by atoms with E-state index in [1.165, 1.54) is 4.57 Å². The third kappa shape index (κ3) is 4.03. The van der Waals surface area contributed by atoms with Crippen molar-refractivity contribution in [3.05, 3.63) is 49.4 Å². The van der Waals surface area contributed by atoms with E-state index in [9.17, 15) is 14.9 Å². The van der Waals surface area contributed by atoms with Crippen LogP contribution in [0.2, 0.25) is 0 Å². The second kappa shape index (κ2) is 9.02. The zero-order valence-electron chi connectivity index (χ0n) is 15.0. The van der Waals surface area contributed by atoms with Crippen molar-refractivity contribution >= 4 is 34.8 Å². The second-order valence-electron chi connectivity index (χ2n) is 5.33. The smallest absolute Gasteiger partial charge is 0.351 e. The van der Waals surface area contributed by atoms with E-state index in [-0.39, 0.29) is 17.7 Å². The van der Waals surface area contributed by atoms with Crippen molar-refractivity contribution in [1.82, 2.24) is 4.57 Å². The van der Waals surface area contributed by atoms with Crippen LogP contribution in [0.15, 0.2) is 29.1 Å². The summed E-state index contributed by atoms with van der Waals surface area (Å²) in [7, 11) is 0. The number of anilines is 1. The molecule has 6 nitrogen and oxygen atoms in total. The fraction of sp³-hybridized carbons (Fsp3) is 0.316.